The average molecular weight is 464 g/mol. The molecule has 0 radical (unpaired) electrons. The van der Waals surface area contributed by atoms with E-state index in [1.807, 2.05) is 12.1 Å². The third-order valence-electron chi connectivity index (χ3n) is 8.67. The number of nitrogens with one attached hydrogen (secondary N) is 1. The number of benzene rings is 1. The molecular formula is C26H30FN5O2. The van der Waals surface area contributed by atoms with Gasteiger partial charge in [-0.05, 0) is 85.7 Å². The first-order valence-electron chi connectivity index (χ1n) is 12.2. The number of halogens is 1. The van der Waals surface area contributed by atoms with E-state index in [1.54, 1.807) is 17.0 Å². The van der Waals surface area contributed by atoms with E-state index in [9.17, 15) is 14.0 Å². The Bertz CT molecular complexity index is 1150. The molecule has 7 nitrogen and oxygen atoms in total. The number of fused-ring (bicyclic) bond motifs is 2. The minimum atomic E-state index is -0.587. The van der Waals surface area contributed by atoms with Crippen LogP contribution in [-0.4, -0.2) is 46.9 Å². The monoisotopic (exact) mass is 463 g/mol. The molecule has 2 saturated heterocycles. The summed E-state index contributed by atoms with van der Waals surface area (Å²) in [7, 11) is 0. The lowest BCUT2D eigenvalue weighted by Crippen LogP contribution is -2.54. The molecule has 4 unspecified atom stereocenters. The highest BCUT2D eigenvalue weighted by molar-refractivity contribution is 5.91. The summed E-state index contributed by atoms with van der Waals surface area (Å²) in [5, 5.41) is 3.37. The van der Waals surface area contributed by atoms with Crippen molar-refractivity contribution in [3.8, 4) is 0 Å². The quantitative estimate of drug-likeness (QED) is 0.625. The van der Waals surface area contributed by atoms with Crippen LogP contribution in [0.5, 0.6) is 0 Å². The number of hydrogen-bond donors (Lipinski definition) is 3. The molecule has 1 aromatic carbocycles. The number of pyridine rings is 1. The van der Waals surface area contributed by atoms with Gasteiger partial charge in [0.05, 0.1) is 6.04 Å². The third-order valence-corrected chi connectivity index (χ3v) is 8.67. The predicted molar refractivity (Wildman–Crippen MR) is 125 cm³/mol. The van der Waals surface area contributed by atoms with Crippen LogP contribution in [0.3, 0.4) is 0 Å². The highest BCUT2D eigenvalue weighted by atomic mass is 19.1. The van der Waals surface area contributed by atoms with Crippen molar-refractivity contribution in [3.05, 3.63) is 59.0 Å². The molecule has 2 aliphatic carbocycles. The maximum Gasteiger partial charge on any atom is 0.240 e. The number of hydrogen-bond acceptors (Lipinski definition) is 5. The number of nitrogens with two attached hydrogens (primary N) is 2. The Morgan fingerprint density at radius 1 is 1.21 bits per heavy atom. The summed E-state index contributed by atoms with van der Waals surface area (Å²) in [5.74, 6) is 0.593. The number of aryl methyl sites for hydroxylation is 1. The number of carbonyl (C=O) groups is 2. The fraction of sp³-hybridized carbons (Fsp3) is 0.500. The van der Waals surface area contributed by atoms with Gasteiger partial charge in [0.15, 0.2) is 0 Å². The van der Waals surface area contributed by atoms with E-state index in [0.717, 1.165) is 49.0 Å². The van der Waals surface area contributed by atoms with Crippen molar-refractivity contribution in [1.29, 1.82) is 0 Å². The van der Waals surface area contributed by atoms with E-state index in [1.165, 1.54) is 12.1 Å². The minimum Gasteiger partial charge on any atom is -0.384 e. The number of nitrogen functional groups attached to an aromatic ring is 1. The van der Waals surface area contributed by atoms with Gasteiger partial charge in [-0.15, -0.1) is 0 Å². The molecule has 6 atom stereocenters. The van der Waals surface area contributed by atoms with Gasteiger partial charge in [0, 0.05) is 17.7 Å². The van der Waals surface area contributed by atoms with Gasteiger partial charge < -0.3 is 21.7 Å². The summed E-state index contributed by atoms with van der Waals surface area (Å²) < 4.78 is 13.2. The standard InChI is InChI=1S/C26H30FN5O2/c27-17-3-1-14(2-4-17)9-15-10-21(30-12-15)25(34)32-13-16-11-26(16,23(32)24(29)33)19-6-7-20-18(19)5-8-22(28)31-20/h1-5,8,15-16,19,21,23,30H,6-7,9-13H2,(H2,28,31)(H2,29,33)/t15-,16?,19?,21+,23?,26?/m0/s1. The van der Waals surface area contributed by atoms with Gasteiger partial charge in [-0.1, -0.05) is 18.2 Å². The van der Waals surface area contributed by atoms with Crippen molar-refractivity contribution < 1.29 is 14.0 Å². The number of likely N-dealkylation sites (tertiary alicyclic amines) is 1. The average Bonchev–Trinajstić information content (AvgIpc) is 3.17. The van der Waals surface area contributed by atoms with Crippen LogP contribution >= 0.6 is 0 Å². The highest BCUT2D eigenvalue weighted by Crippen LogP contribution is 2.70. The molecule has 2 aliphatic heterocycles. The Hall–Kier alpha value is -3.00. The van der Waals surface area contributed by atoms with Gasteiger partial charge in [0.2, 0.25) is 11.8 Å². The van der Waals surface area contributed by atoms with Crippen LogP contribution < -0.4 is 16.8 Å². The Kier molecular flexibility index (Phi) is 4.92. The summed E-state index contributed by atoms with van der Waals surface area (Å²) in [4.78, 5) is 32.6. The van der Waals surface area contributed by atoms with Crippen molar-refractivity contribution in [3.63, 3.8) is 0 Å². The maximum atomic E-state index is 13.6. The topological polar surface area (TPSA) is 114 Å². The van der Waals surface area contributed by atoms with Gasteiger partial charge in [0.1, 0.15) is 17.7 Å². The molecule has 178 valence electrons. The molecule has 1 saturated carbocycles. The predicted octanol–water partition coefficient (Wildman–Crippen LogP) is 1.76. The second-order valence-electron chi connectivity index (χ2n) is 10.6. The fourth-order valence-electron chi connectivity index (χ4n) is 7.17. The molecule has 4 aliphatic rings. The number of anilines is 1. The molecule has 0 bridgehead atoms. The summed E-state index contributed by atoms with van der Waals surface area (Å²) in [6.45, 7) is 1.31. The lowest BCUT2D eigenvalue weighted by molar-refractivity contribution is -0.141. The normalized spacial score (nSPS) is 33.6. The molecule has 3 fully saturated rings. The van der Waals surface area contributed by atoms with Gasteiger partial charge in [-0.3, -0.25) is 9.59 Å². The Morgan fingerprint density at radius 2 is 2.00 bits per heavy atom. The Morgan fingerprint density at radius 3 is 2.76 bits per heavy atom. The van der Waals surface area contributed by atoms with Crippen molar-refractivity contribution in [2.45, 2.75) is 50.1 Å². The van der Waals surface area contributed by atoms with Crippen molar-refractivity contribution in [1.82, 2.24) is 15.2 Å². The van der Waals surface area contributed by atoms with E-state index < -0.39 is 11.9 Å². The fourth-order valence-corrected chi connectivity index (χ4v) is 7.17. The minimum absolute atomic E-state index is 0.0226. The molecule has 2 aromatic rings. The van der Waals surface area contributed by atoms with Crippen LogP contribution in [0, 0.1) is 23.1 Å². The number of aromatic nitrogens is 1. The molecule has 1 aromatic heterocycles. The van der Waals surface area contributed by atoms with E-state index in [4.69, 9.17) is 11.5 Å². The molecule has 5 N–H and O–H groups in total. The van der Waals surface area contributed by atoms with Gasteiger partial charge in [-0.25, -0.2) is 9.37 Å². The van der Waals surface area contributed by atoms with Gasteiger partial charge in [0.25, 0.3) is 0 Å². The van der Waals surface area contributed by atoms with Crippen LogP contribution in [-0.2, 0) is 22.4 Å². The first-order chi connectivity index (χ1) is 16.4. The molecular weight excluding hydrogens is 433 g/mol. The molecule has 3 heterocycles. The second-order valence-corrected chi connectivity index (χ2v) is 10.6. The van der Waals surface area contributed by atoms with Gasteiger partial charge in [-0.2, -0.15) is 0 Å². The zero-order valence-corrected chi connectivity index (χ0v) is 19.0. The summed E-state index contributed by atoms with van der Waals surface area (Å²) in [6.07, 6.45) is 4.16. The molecule has 0 spiro atoms. The van der Waals surface area contributed by atoms with E-state index >= 15 is 0 Å². The number of amides is 2. The number of rotatable bonds is 5. The van der Waals surface area contributed by atoms with E-state index in [2.05, 4.69) is 10.3 Å². The van der Waals surface area contributed by atoms with Crippen LogP contribution in [0.2, 0.25) is 0 Å². The number of piperidine rings is 1. The Labute approximate surface area is 198 Å². The molecule has 34 heavy (non-hydrogen) atoms. The SMILES string of the molecule is NC(=O)C1N(C(=O)[C@H]2C[C@H](Cc3ccc(F)cc3)CN2)CC2CC21C1CCc2nc(N)ccc21. The van der Waals surface area contributed by atoms with Crippen molar-refractivity contribution in [2.75, 3.05) is 18.8 Å². The van der Waals surface area contributed by atoms with Crippen molar-refractivity contribution >= 4 is 17.6 Å². The zero-order chi connectivity index (χ0) is 23.6. The summed E-state index contributed by atoms with van der Waals surface area (Å²) in [5.41, 5.74) is 14.8. The second kappa shape index (κ2) is 7.77. The molecule has 6 rings (SSSR count). The van der Waals surface area contributed by atoms with Crippen LogP contribution in [0.1, 0.15) is 42.0 Å². The molecule has 8 heteroatoms. The van der Waals surface area contributed by atoms with E-state index in [0.29, 0.717) is 24.7 Å². The number of primary amides is 1. The molecule has 2 amide bonds. The van der Waals surface area contributed by atoms with E-state index in [-0.39, 0.29) is 35.0 Å². The zero-order valence-electron chi connectivity index (χ0n) is 19.0. The number of carbonyl (C=O) groups excluding carboxylic acids is 2. The third kappa shape index (κ3) is 3.30. The summed E-state index contributed by atoms with van der Waals surface area (Å²) in [6, 6.07) is 9.50. The first-order valence-corrected chi connectivity index (χ1v) is 12.2. The van der Waals surface area contributed by atoms with Crippen LogP contribution in [0.25, 0.3) is 0 Å². The van der Waals surface area contributed by atoms with Crippen molar-refractivity contribution in [2.24, 2.45) is 23.0 Å². The lowest BCUT2D eigenvalue weighted by Gasteiger charge is -2.34. The van der Waals surface area contributed by atoms with Gasteiger partial charge >= 0.3 is 0 Å². The smallest absolute Gasteiger partial charge is 0.240 e. The first kappa shape index (κ1) is 21.5. The largest absolute Gasteiger partial charge is 0.384 e. The highest BCUT2D eigenvalue weighted by Gasteiger charge is 2.72. The maximum absolute atomic E-state index is 13.6. The van der Waals surface area contributed by atoms with Crippen LogP contribution in [0.4, 0.5) is 10.2 Å². The lowest BCUT2D eigenvalue weighted by atomic mass is 9.78. The summed E-state index contributed by atoms with van der Waals surface area (Å²) >= 11 is 0. The number of nitrogens with zero attached hydrogens (tertiary/aromatic N) is 2. The Balaban J connectivity index is 1.19. The van der Waals surface area contributed by atoms with Crippen LogP contribution in [0.15, 0.2) is 36.4 Å².